The van der Waals surface area contributed by atoms with E-state index < -0.39 is 21.9 Å². The molecule has 0 unspecified atom stereocenters. The average molecular weight is 411 g/mol. The van der Waals surface area contributed by atoms with Gasteiger partial charge < -0.3 is 10.1 Å². The predicted molar refractivity (Wildman–Crippen MR) is 105 cm³/mol. The number of nitrogens with one attached hydrogen (secondary N) is 2. The molecule has 27 heavy (non-hydrogen) atoms. The van der Waals surface area contributed by atoms with Crippen LogP contribution in [-0.4, -0.2) is 33.2 Å². The highest BCUT2D eigenvalue weighted by atomic mass is 35.5. The molecule has 0 aliphatic carbocycles. The van der Waals surface area contributed by atoms with Crippen molar-refractivity contribution in [1.82, 2.24) is 0 Å². The van der Waals surface area contributed by atoms with Gasteiger partial charge >= 0.3 is 5.97 Å². The van der Waals surface area contributed by atoms with E-state index in [9.17, 15) is 18.0 Å². The molecule has 0 aliphatic rings. The highest BCUT2D eigenvalue weighted by molar-refractivity contribution is 7.92. The largest absolute Gasteiger partial charge is 0.462 e. The van der Waals surface area contributed by atoms with E-state index in [1.54, 1.807) is 26.0 Å². The number of hydrogen-bond acceptors (Lipinski definition) is 5. The number of esters is 1. The molecule has 7 nitrogen and oxygen atoms in total. The summed E-state index contributed by atoms with van der Waals surface area (Å²) in [6.07, 6.45) is 1.03. The predicted octanol–water partition coefficient (Wildman–Crippen LogP) is 3.45. The Bertz CT molecular complexity index is 989. The molecule has 0 fully saturated rings. The molecule has 2 N–H and O–H groups in total. The molecule has 2 rings (SSSR count). The summed E-state index contributed by atoms with van der Waals surface area (Å²) in [5, 5.41) is 2.80. The van der Waals surface area contributed by atoms with E-state index >= 15 is 0 Å². The van der Waals surface area contributed by atoms with Crippen LogP contribution in [0, 0.1) is 6.92 Å². The van der Waals surface area contributed by atoms with Gasteiger partial charge in [0.05, 0.1) is 29.1 Å². The van der Waals surface area contributed by atoms with Gasteiger partial charge in [-0.15, -0.1) is 0 Å². The Morgan fingerprint density at radius 3 is 2.44 bits per heavy atom. The zero-order chi connectivity index (χ0) is 20.2. The van der Waals surface area contributed by atoms with Crippen molar-refractivity contribution in [2.75, 3.05) is 22.9 Å². The van der Waals surface area contributed by atoms with Crippen molar-refractivity contribution in [2.24, 2.45) is 0 Å². The highest BCUT2D eigenvalue weighted by Crippen LogP contribution is 2.23. The maximum atomic E-state index is 12.5. The van der Waals surface area contributed by atoms with Crippen LogP contribution in [0.3, 0.4) is 0 Å². The molecule has 0 aromatic heterocycles. The molecule has 0 saturated carbocycles. The minimum Gasteiger partial charge on any atom is -0.462 e. The van der Waals surface area contributed by atoms with E-state index in [-0.39, 0.29) is 22.8 Å². The normalized spacial score (nSPS) is 11.0. The molecule has 0 bridgehead atoms. The molecule has 0 aliphatic heterocycles. The van der Waals surface area contributed by atoms with Gasteiger partial charge in [0.1, 0.15) is 0 Å². The molecule has 0 heterocycles. The third kappa shape index (κ3) is 5.70. The smallest absolute Gasteiger partial charge is 0.339 e. The molecule has 0 atom stereocenters. The van der Waals surface area contributed by atoms with Gasteiger partial charge in [0.2, 0.25) is 10.0 Å². The van der Waals surface area contributed by atoms with Crippen LogP contribution in [0.4, 0.5) is 11.4 Å². The summed E-state index contributed by atoms with van der Waals surface area (Å²) in [5.74, 6) is -0.998. The van der Waals surface area contributed by atoms with Gasteiger partial charge in [0.15, 0.2) is 0 Å². The van der Waals surface area contributed by atoms with Gasteiger partial charge in [-0.25, -0.2) is 13.2 Å². The maximum absolute atomic E-state index is 12.5. The Morgan fingerprint density at radius 1 is 1.15 bits per heavy atom. The molecular weight excluding hydrogens is 392 g/mol. The maximum Gasteiger partial charge on any atom is 0.339 e. The SMILES string of the molecule is CCOC(=O)c1ccc(NC(=O)c2ccc(C)c(NS(C)(=O)=O)c2)cc1Cl. The van der Waals surface area contributed by atoms with E-state index in [1.807, 2.05) is 0 Å². The number of sulfonamides is 1. The molecule has 0 spiro atoms. The van der Waals surface area contributed by atoms with Gasteiger partial charge in [-0.1, -0.05) is 17.7 Å². The van der Waals surface area contributed by atoms with Crippen LogP contribution in [0.1, 0.15) is 33.2 Å². The number of ether oxygens (including phenoxy) is 1. The summed E-state index contributed by atoms with van der Waals surface area (Å²) < 4.78 is 30.1. The fourth-order valence-electron chi connectivity index (χ4n) is 2.24. The van der Waals surface area contributed by atoms with E-state index in [0.29, 0.717) is 16.9 Å². The third-order valence-electron chi connectivity index (χ3n) is 3.52. The van der Waals surface area contributed by atoms with Crippen LogP contribution in [0.15, 0.2) is 36.4 Å². The lowest BCUT2D eigenvalue weighted by Gasteiger charge is -2.11. The van der Waals surface area contributed by atoms with E-state index in [0.717, 1.165) is 6.26 Å². The topological polar surface area (TPSA) is 102 Å². The number of benzene rings is 2. The molecule has 2 aromatic carbocycles. The zero-order valence-corrected chi connectivity index (χ0v) is 16.6. The fourth-order valence-corrected chi connectivity index (χ4v) is 3.12. The number of carbonyl (C=O) groups excluding carboxylic acids is 2. The van der Waals surface area contributed by atoms with Gasteiger partial charge in [0, 0.05) is 11.3 Å². The van der Waals surface area contributed by atoms with Gasteiger partial charge in [-0.05, 0) is 49.7 Å². The van der Waals surface area contributed by atoms with Crippen molar-refractivity contribution in [2.45, 2.75) is 13.8 Å². The molecular formula is C18H19ClN2O5S. The average Bonchev–Trinajstić information content (AvgIpc) is 2.55. The van der Waals surface area contributed by atoms with Crippen LogP contribution in [-0.2, 0) is 14.8 Å². The summed E-state index contributed by atoms with van der Waals surface area (Å²) >= 11 is 6.08. The minimum absolute atomic E-state index is 0.148. The Kier molecular flexibility index (Phi) is 6.45. The van der Waals surface area contributed by atoms with Crippen LogP contribution in [0.5, 0.6) is 0 Å². The first-order valence-corrected chi connectivity index (χ1v) is 10.2. The number of carbonyl (C=O) groups is 2. The second-order valence-corrected chi connectivity index (χ2v) is 7.93. The number of anilines is 2. The van der Waals surface area contributed by atoms with Crippen molar-refractivity contribution >= 4 is 44.9 Å². The van der Waals surface area contributed by atoms with Gasteiger partial charge in [-0.2, -0.15) is 0 Å². The number of aryl methyl sites for hydroxylation is 1. The van der Waals surface area contributed by atoms with Crippen molar-refractivity contribution < 1.29 is 22.7 Å². The first-order valence-electron chi connectivity index (χ1n) is 7.97. The number of halogens is 1. The van der Waals surface area contributed by atoms with Crippen LogP contribution in [0.25, 0.3) is 0 Å². The molecule has 0 radical (unpaired) electrons. The standard InChI is InChI=1S/C18H19ClN2O5S/c1-4-26-18(23)14-8-7-13(10-15(14)19)20-17(22)12-6-5-11(2)16(9-12)21-27(3,24)25/h5-10,21H,4H2,1-3H3,(H,20,22). The van der Waals surface area contributed by atoms with Gasteiger partial charge in [-0.3, -0.25) is 9.52 Å². The van der Waals surface area contributed by atoms with Crippen LogP contribution in [0.2, 0.25) is 5.02 Å². The zero-order valence-electron chi connectivity index (χ0n) is 15.0. The van der Waals surface area contributed by atoms with E-state index in [1.165, 1.54) is 24.3 Å². The lowest BCUT2D eigenvalue weighted by atomic mass is 10.1. The molecule has 2 aromatic rings. The lowest BCUT2D eigenvalue weighted by Crippen LogP contribution is -2.15. The third-order valence-corrected chi connectivity index (χ3v) is 4.42. The second kappa shape index (κ2) is 8.41. The second-order valence-electron chi connectivity index (χ2n) is 5.77. The summed E-state index contributed by atoms with van der Waals surface area (Å²) in [6, 6.07) is 9.09. The number of amides is 1. The summed E-state index contributed by atoms with van der Waals surface area (Å²) in [7, 11) is -3.47. The first-order chi connectivity index (χ1) is 12.6. The van der Waals surface area contributed by atoms with E-state index in [2.05, 4.69) is 10.0 Å². The van der Waals surface area contributed by atoms with Gasteiger partial charge in [0.25, 0.3) is 5.91 Å². The number of rotatable bonds is 6. The molecule has 9 heteroatoms. The molecule has 0 saturated heterocycles. The highest BCUT2D eigenvalue weighted by Gasteiger charge is 2.14. The summed E-state index contributed by atoms with van der Waals surface area (Å²) in [6.45, 7) is 3.64. The monoisotopic (exact) mass is 410 g/mol. The van der Waals surface area contributed by atoms with Crippen molar-refractivity contribution in [3.63, 3.8) is 0 Å². The van der Waals surface area contributed by atoms with E-state index in [4.69, 9.17) is 16.3 Å². The lowest BCUT2D eigenvalue weighted by molar-refractivity contribution is 0.0526. The van der Waals surface area contributed by atoms with Crippen molar-refractivity contribution in [1.29, 1.82) is 0 Å². The van der Waals surface area contributed by atoms with Crippen molar-refractivity contribution in [3.05, 3.63) is 58.1 Å². The summed E-state index contributed by atoms with van der Waals surface area (Å²) in [5.41, 5.74) is 1.85. The Labute approximate surface area is 162 Å². The van der Waals surface area contributed by atoms with Crippen LogP contribution >= 0.6 is 11.6 Å². The Hall–Kier alpha value is -2.58. The number of hydrogen-bond donors (Lipinski definition) is 2. The molecule has 1 amide bonds. The Balaban J connectivity index is 2.21. The fraction of sp³-hybridized carbons (Fsp3) is 0.222. The molecule has 144 valence electrons. The van der Waals surface area contributed by atoms with Crippen LogP contribution < -0.4 is 10.0 Å². The minimum atomic E-state index is -3.47. The Morgan fingerprint density at radius 2 is 1.85 bits per heavy atom. The summed E-state index contributed by atoms with van der Waals surface area (Å²) in [4.78, 5) is 24.2. The van der Waals surface area contributed by atoms with Crippen molar-refractivity contribution in [3.8, 4) is 0 Å². The first kappa shape index (κ1) is 20.7. The quantitative estimate of drug-likeness (QED) is 0.710.